The molecular weight excluding hydrogens is 248 g/mol. The molecule has 2 heterocycles. The second kappa shape index (κ2) is 5.59. The fourth-order valence-corrected chi connectivity index (χ4v) is 2.53. The van der Waals surface area contributed by atoms with Crippen molar-refractivity contribution in [3.05, 3.63) is 46.9 Å². The Kier molecular flexibility index (Phi) is 3.65. The number of fused-ring (bicyclic) bond motifs is 1. The maximum Gasteiger partial charge on any atom is 0.138 e. The molecule has 0 saturated heterocycles. The average molecular weight is 268 g/mol. The van der Waals surface area contributed by atoms with Crippen molar-refractivity contribution in [1.82, 2.24) is 15.3 Å². The van der Waals surface area contributed by atoms with Crippen LogP contribution in [0.25, 0.3) is 0 Å². The normalized spacial score (nSPS) is 13.9. The minimum absolute atomic E-state index is 0.832. The number of nitrogens with zero attached hydrogens (tertiary/aromatic N) is 2. The van der Waals surface area contributed by atoms with Crippen molar-refractivity contribution >= 4 is 11.5 Å². The van der Waals surface area contributed by atoms with Gasteiger partial charge in [-0.15, -0.1) is 0 Å². The first-order valence-corrected chi connectivity index (χ1v) is 7.19. The number of anilines is 2. The highest BCUT2D eigenvalue weighted by molar-refractivity contribution is 5.60. The smallest absolute Gasteiger partial charge is 0.138 e. The standard InChI is InChI=1S/C16H20N4/c1-3-12-4-6-13(7-5-12)20-16-14-10-17-9-8-15(14)18-11(2)19-16/h4-7,17H,3,8-10H2,1-2H3,(H,18,19,20). The molecule has 0 unspecified atom stereocenters. The molecule has 1 aliphatic heterocycles. The summed E-state index contributed by atoms with van der Waals surface area (Å²) in [5.74, 6) is 1.77. The summed E-state index contributed by atoms with van der Waals surface area (Å²) in [7, 11) is 0. The van der Waals surface area contributed by atoms with Crippen LogP contribution in [0.5, 0.6) is 0 Å². The Balaban J connectivity index is 1.91. The zero-order valence-electron chi connectivity index (χ0n) is 12.0. The summed E-state index contributed by atoms with van der Waals surface area (Å²) in [6, 6.07) is 8.53. The second-order valence-electron chi connectivity index (χ2n) is 5.15. The largest absolute Gasteiger partial charge is 0.340 e. The van der Waals surface area contributed by atoms with Crippen LogP contribution in [0.15, 0.2) is 24.3 Å². The van der Waals surface area contributed by atoms with Crippen LogP contribution < -0.4 is 10.6 Å². The van der Waals surface area contributed by atoms with Gasteiger partial charge < -0.3 is 10.6 Å². The van der Waals surface area contributed by atoms with Crippen LogP contribution >= 0.6 is 0 Å². The Morgan fingerprint density at radius 3 is 2.75 bits per heavy atom. The molecule has 4 heteroatoms. The molecule has 0 aliphatic carbocycles. The predicted molar refractivity (Wildman–Crippen MR) is 81.3 cm³/mol. The van der Waals surface area contributed by atoms with Gasteiger partial charge in [-0.05, 0) is 31.0 Å². The summed E-state index contributed by atoms with van der Waals surface area (Å²) in [6.45, 7) is 5.95. The van der Waals surface area contributed by atoms with Crippen molar-refractivity contribution in [2.24, 2.45) is 0 Å². The van der Waals surface area contributed by atoms with Crippen LogP contribution in [-0.4, -0.2) is 16.5 Å². The summed E-state index contributed by atoms with van der Waals surface area (Å²) in [4.78, 5) is 9.11. The van der Waals surface area contributed by atoms with Gasteiger partial charge in [-0.2, -0.15) is 0 Å². The summed E-state index contributed by atoms with van der Waals surface area (Å²) in [6.07, 6.45) is 2.04. The van der Waals surface area contributed by atoms with E-state index in [4.69, 9.17) is 0 Å². The SMILES string of the molecule is CCc1ccc(Nc2nc(C)nc3c2CNCC3)cc1. The van der Waals surface area contributed by atoms with E-state index in [1.165, 1.54) is 16.8 Å². The molecule has 2 N–H and O–H groups in total. The molecule has 1 aliphatic rings. The fraction of sp³-hybridized carbons (Fsp3) is 0.375. The Labute approximate surface area is 119 Å². The lowest BCUT2D eigenvalue weighted by Gasteiger charge is -2.20. The van der Waals surface area contributed by atoms with Crippen LogP contribution in [-0.2, 0) is 19.4 Å². The quantitative estimate of drug-likeness (QED) is 0.898. The topological polar surface area (TPSA) is 49.8 Å². The van der Waals surface area contributed by atoms with E-state index in [2.05, 4.69) is 51.8 Å². The van der Waals surface area contributed by atoms with Gasteiger partial charge in [0.15, 0.2) is 0 Å². The fourth-order valence-electron chi connectivity index (χ4n) is 2.53. The molecule has 0 bridgehead atoms. The van der Waals surface area contributed by atoms with Crippen molar-refractivity contribution in [1.29, 1.82) is 0 Å². The first-order chi connectivity index (χ1) is 9.76. The summed E-state index contributed by atoms with van der Waals surface area (Å²) >= 11 is 0. The highest BCUT2D eigenvalue weighted by atomic mass is 15.1. The van der Waals surface area contributed by atoms with Gasteiger partial charge in [0, 0.05) is 30.8 Å². The summed E-state index contributed by atoms with van der Waals surface area (Å²) < 4.78 is 0. The van der Waals surface area contributed by atoms with Gasteiger partial charge in [0.1, 0.15) is 11.6 Å². The Hall–Kier alpha value is -1.94. The predicted octanol–water partition coefficient (Wildman–Crippen LogP) is 2.74. The van der Waals surface area contributed by atoms with E-state index < -0.39 is 0 Å². The zero-order chi connectivity index (χ0) is 13.9. The maximum absolute atomic E-state index is 4.56. The number of rotatable bonds is 3. The number of nitrogens with one attached hydrogen (secondary N) is 2. The molecule has 3 rings (SSSR count). The van der Waals surface area contributed by atoms with Crippen molar-refractivity contribution in [3.63, 3.8) is 0 Å². The van der Waals surface area contributed by atoms with Gasteiger partial charge >= 0.3 is 0 Å². The first-order valence-electron chi connectivity index (χ1n) is 7.19. The van der Waals surface area contributed by atoms with E-state index in [0.29, 0.717) is 0 Å². The Morgan fingerprint density at radius 2 is 2.00 bits per heavy atom. The third-order valence-electron chi connectivity index (χ3n) is 3.67. The molecule has 0 radical (unpaired) electrons. The van der Waals surface area contributed by atoms with E-state index in [9.17, 15) is 0 Å². The van der Waals surface area contributed by atoms with Crippen LogP contribution in [0.4, 0.5) is 11.5 Å². The van der Waals surface area contributed by atoms with Crippen molar-refractivity contribution in [2.45, 2.75) is 33.2 Å². The highest BCUT2D eigenvalue weighted by Gasteiger charge is 2.16. The van der Waals surface area contributed by atoms with Crippen LogP contribution in [0.3, 0.4) is 0 Å². The Morgan fingerprint density at radius 1 is 1.20 bits per heavy atom. The minimum atomic E-state index is 0.832. The van der Waals surface area contributed by atoms with Crippen LogP contribution in [0, 0.1) is 6.92 Å². The van der Waals surface area contributed by atoms with Gasteiger partial charge in [-0.25, -0.2) is 9.97 Å². The molecule has 0 spiro atoms. The number of aryl methyl sites for hydroxylation is 2. The molecule has 1 aromatic carbocycles. The van der Waals surface area contributed by atoms with Gasteiger partial charge in [0.25, 0.3) is 0 Å². The molecule has 1 aromatic heterocycles. The molecule has 0 atom stereocenters. The van der Waals surface area contributed by atoms with Gasteiger partial charge in [0.2, 0.25) is 0 Å². The molecular formula is C16H20N4. The van der Waals surface area contributed by atoms with Crippen molar-refractivity contribution < 1.29 is 0 Å². The van der Waals surface area contributed by atoms with Crippen molar-refractivity contribution in [3.8, 4) is 0 Å². The molecule has 20 heavy (non-hydrogen) atoms. The van der Waals surface area contributed by atoms with Crippen molar-refractivity contribution in [2.75, 3.05) is 11.9 Å². The first kappa shape index (κ1) is 13.1. The third kappa shape index (κ3) is 2.65. The van der Waals surface area contributed by atoms with Crippen LogP contribution in [0.2, 0.25) is 0 Å². The molecule has 0 amide bonds. The van der Waals surface area contributed by atoms with E-state index in [0.717, 1.165) is 43.3 Å². The third-order valence-corrected chi connectivity index (χ3v) is 3.67. The van der Waals surface area contributed by atoms with Gasteiger partial charge in [-0.1, -0.05) is 19.1 Å². The number of benzene rings is 1. The van der Waals surface area contributed by atoms with Gasteiger partial charge in [0.05, 0.1) is 5.69 Å². The Bertz CT molecular complexity index is 605. The van der Waals surface area contributed by atoms with E-state index >= 15 is 0 Å². The zero-order valence-corrected chi connectivity index (χ0v) is 12.0. The average Bonchev–Trinajstić information content (AvgIpc) is 2.48. The number of hydrogen-bond donors (Lipinski definition) is 2. The molecule has 0 fully saturated rings. The van der Waals surface area contributed by atoms with E-state index in [-0.39, 0.29) is 0 Å². The summed E-state index contributed by atoms with van der Waals surface area (Å²) in [5, 5.41) is 6.82. The van der Waals surface area contributed by atoms with Crippen LogP contribution in [0.1, 0.15) is 29.6 Å². The monoisotopic (exact) mass is 268 g/mol. The minimum Gasteiger partial charge on any atom is -0.340 e. The molecule has 0 saturated carbocycles. The molecule has 104 valence electrons. The molecule has 4 nitrogen and oxygen atoms in total. The van der Waals surface area contributed by atoms with E-state index in [1.54, 1.807) is 0 Å². The number of aromatic nitrogens is 2. The molecule has 2 aromatic rings. The van der Waals surface area contributed by atoms with Gasteiger partial charge in [-0.3, -0.25) is 0 Å². The lowest BCUT2D eigenvalue weighted by Crippen LogP contribution is -2.26. The summed E-state index contributed by atoms with van der Waals surface area (Å²) in [5.41, 5.74) is 4.79. The van der Waals surface area contributed by atoms with E-state index in [1.807, 2.05) is 6.92 Å². The maximum atomic E-state index is 4.56. The number of hydrogen-bond acceptors (Lipinski definition) is 4. The lowest BCUT2D eigenvalue weighted by atomic mass is 10.1. The highest BCUT2D eigenvalue weighted by Crippen LogP contribution is 2.23. The lowest BCUT2D eigenvalue weighted by molar-refractivity contribution is 0.625. The second-order valence-corrected chi connectivity index (χ2v) is 5.15.